The van der Waals surface area contributed by atoms with Crippen LogP contribution in [0.3, 0.4) is 0 Å². The van der Waals surface area contributed by atoms with Crippen LogP contribution in [0.15, 0.2) is 60.7 Å². The predicted molar refractivity (Wildman–Crippen MR) is 70.9 cm³/mol. The smallest absolute Gasteiger partial charge is 0.0208 e. The average Bonchev–Trinajstić information content (AvgIpc) is 3.18. The molecule has 1 fully saturated rings. The van der Waals surface area contributed by atoms with E-state index in [4.69, 9.17) is 0 Å². The fourth-order valence-electron chi connectivity index (χ4n) is 2.33. The topological polar surface area (TPSA) is 12.0 Å². The maximum Gasteiger partial charge on any atom is 0.0208 e. The molecule has 2 atom stereocenters. The van der Waals surface area contributed by atoms with E-state index >= 15 is 0 Å². The first-order valence-electron chi connectivity index (χ1n) is 6.26. The lowest BCUT2D eigenvalue weighted by molar-refractivity contribution is 0.673. The van der Waals surface area contributed by atoms with E-state index in [0.29, 0.717) is 6.04 Å². The van der Waals surface area contributed by atoms with Crippen molar-refractivity contribution >= 4 is 0 Å². The molecule has 17 heavy (non-hydrogen) atoms. The molecule has 0 amide bonds. The molecule has 0 aromatic heterocycles. The van der Waals surface area contributed by atoms with Crippen molar-refractivity contribution in [1.82, 2.24) is 5.32 Å². The molecular weight excluding hydrogens is 206 g/mol. The van der Waals surface area contributed by atoms with Crippen LogP contribution in [0.2, 0.25) is 0 Å². The van der Waals surface area contributed by atoms with E-state index in [0.717, 1.165) is 12.5 Å². The number of rotatable bonds is 4. The van der Waals surface area contributed by atoms with Gasteiger partial charge in [0.05, 0.1) is 0 Å². The Morgan fingerprint density at radius 1 is 0.882 bits per heavy atom. The Morgan fingerprint density at radius 2 is 1.53 bits per heavy atom. The van der Waals surface area contributed by atoms with Gasteiger partial charge in [-0.05, 0) is 17.5 Å². The highest BCUT2D eigenvalue weighted by atomic mass is 15.0. The van der Waals surface area contributed by atoms with Crippen molar-refractivity contribution in [2.45, 2.75) is 24.9 Å². The van der Waals surface area contributed by atoms with Crippen LogP contribution < -0.4 is 5.32 Å². The fraction of sp³-hybridized carbons (Fsp3) is 0.250. The van der Waals surface area contributed by atoms with Crippen molar-refractivity contribution in [3.8, 4) is 0 Å². The molecule has 0 unspecified atom stereocenters. The molecule has 1 heteroatoms. The van der Waals surface area contributed by atoms with Gasteiger partial charge in [-0.2, -0.15) is 0 Å². The van der Waals surface area contributed by atoms with Gasteiger partial charge in [-0.25, -0.2) is 0 Å². The third kappa shape index (κ3) is 2.56. The Balaban J connectivity index is 1.53. The maximum absolute atomic E-state index is 3.62. The van der Waals surface area contributed by atoms with Crippen molar-refractivity contribution < 1.29 is 0 Å². The molecule has 3 rings (SSSR count). The normalized spacial score (nSPS) is 22.4. The summed E-state index contributed by atoms with van der Waals surface area (Å²) >= 11 is 0. The third-order valence-electron chi connectivity index (χ3n) is 3.43. The molecule has 2 aromatic rings. The second kappa shape index (κ2) is 4.72. The van der Waals surface area contributed by atoms with Crippen molar-refractivity contribution in [3.63, 3.8) is 0 Å². The minimum absolute atomic E-state index is 0.664. The lowest BCUT2D eigenvalue weighted by atomic mass is 10.1. The van der Waals surface area contributed by atoms with E-state index in [1.165, 1.54) is 17.5 Å². The molecule has 0 spiro atoms. The first-order valence-corrected chi connectivity index (χ1v) is 6.26. The number of hydrogen-bond donors (Lipinski definition) is 1. The summed E-state index contributed by atoms with van der Waals surface area (Å²) in [6.07, 6.45) is 1.27. The molecule has 1 saturated carbocycles. The van der Waals surface area contributed by atoms with E-state index in [1.54, 1.807) is 0 Å². The Kier molecular flexibility index (Phi) is 2.93. The summed E-state index contributed by atoms with van der Waals surface area (Å²) in [6.45, 7) is 0.981. The highest BCUT2D eigenvalue weighted by Crippen LogP contribution is 2.40. The molecule has 0 saturated heterocycles. The van der Waals surface area contributed by atoms with E-state index in [1.807, 2.05) is 0 Å². The molecule has 2 aromatic carbocycles. The quantitative estimate of drug-likeness (QED) is 0.838. The summed E-state index contributed by atoms with van der Waals surface area (Å²) in [5, 5.41) is 3.62. The molecule has 1 aliphatic rings. The zero-order chi connectivity index (χ0) is 11.5. The van der Waals surface area contributed by atoms with Crippen LogP contribution in [0, 0.1) is 0 Å². The summed E-state index contributed by atoms with van der Waals surface area (Å²) in [5.74, 6) is 0.722. The Morgan fingerprint density at radius 3 is 2.24 bits per heavy atom. The van der Waals surface area contributed by atoms with Gasteiger partial charge in [0.25, 0.3) is 0 Å². The number of benzene rings is 2. The van der Waals surface area contributed by atoms with Crippen LogP contribution in [-0.4, -0.2) is 6.04 Å². The number of hydrogen-bond acceptors (Lipinski definition) is 1. The predicted octanol–water partition coefficient (Wildman–Crippen LogP) is 3.33. The summed E-state index contributed by atoms with van der Waals surface area (Å²) in [7, 11) is 0. The molecular formula is C16H17N. The fourth-order valence-corrected chi connectivity index (χ4v) is 2.33. The SMILES string of the molecule is c1ccc(CN[C@@H]2C[C@H]2c2ccccc2)cc1. The maximum atomic E-state index is 3.62. The minimum atomic E-state index is 0.664. The van der Waals surface area contributed by atoms with Crippen LogP contribution >= 0.6 is 0 Å². The molecule has 86 valence electrons. The molecule has 0 aliphatic heterocycles. The molecule has 1 nitrogen and oxygen atoms in total. The van der Waals surface area contributed by atoms with Crippen LogP contribution in [0.1, 0.15) is 23.5 Å². The first-order chi connectivity index (χ1) is 8.43. The molecule has 1 N–H and O–H groups in total. The lowest BCUT2D eigenvalue weighted by Crippen LogP contribution is -2.17. The van der Waals surface area contributed by atoms with Gasteiger partial charge in [0.15, 0.2) is 0 Å². The van der Waals surface area contributed by atoms with E-state index in [-0.39, 0.29) is 0 Å². The van der Waals surface area contributed by atoms with Crippen LogP contribution in [0.4, 0.5) is 0 Å². The third-order valence-corrected chi connectivity index (χ3v) is 3.43. The molecule has 0 bridgehead atoms. The van der Waals surface area contributed by atoms with E-state index in [2.05, 4.69) is 66.0 Å². The molecule has 0 heterocycles. The highest BCUT2D eigenvalue weighted by Gasteiger charge is 2.37. The summed E-state index contributed by atoms with van der Waals surface area (Å²) in [5.41, 5.74) is 2.84. The second-order valence-electron chi connectivity index (χ2n) is 4.73. The van der Waals surface area contributed by atoms with Gasteiger partial charge in [0, 0.05) is 18.5 Å². The van der Waals surface area contributed by atoms with Crippen molar-refractivity contribution in [3.05, 3.63) is 71.8 Å². The minimum Gasteiger partial charge on any atom is -0.309 e. The Labute approximate surface area is 102 Å². The second-order valence-corrected chi connectivity index (χ2v) is 4.73. The van der Waals surface area contributed by atoms with Crippen molar-refractivity contribution in [1.29, 1.82) is 0 Å². The molecule has 1 aliphatic carbocycles. The van der Waals surface area contributed by atoms with Crippen molar-refractivity contribution in [2.24, 2.45) is 0 Å². The van der Waals surface area contributed by atoms with Crippen LogP contribution in [0.5, 0.6) is 0 Å². The number of nitrogens with one attached hydrogen (secondary N) is 1. The van der Waals surface area contributed by atoms with Gasteiger partial charge in [0.1, 0.15) is 0 Å². The largest absolute Gasteiger partial charge is 0.309 e. The van der Waals surface area contributed by atoms with E-state index in [9.17, 15) is 0 Å². The van der Waals surface area contributed by atoms with Crippen LogP contribution in [0.25, 0.3) is 0 Å². The summed E-state index contributed by atoms with van der Waals surface area (Å²) in [6, 6.07) is 22.1. The lowest BCUT2D eigenvalue weighted by Gasteiger charge is -2.04. The Hall–Kier alpha value is -1.60. The van der Waals surface area contributed by atoms with E-state index < -0.39 is 0 Å². The summed E-state index contributed by atoms with van der Waals surface area (Å²) in [4.78, 5) is 0. The monoisotopic (exact) mass is 223 g/mol. The zero-order valence-electron chi connectivity index (χ0n) is 9.84. The first kappa shape index (κ1) is 10.5. The zero-order valence-corrected chi connectivity index (χ0v) is 9.84. The highest BCUT2D eigenvalue weighted by molar-refractivity contribution is 5.28. The van der Waals surface area contributed by atoms with Gasteiger partial charge in [0.2, 0.25) is 0 Å². The average molecular weight is 223 g/mol. The van der Waals surface area contributed by atoms with Crippen molar-refractivity contribution in [2.75, 3.05) is 0 Å². The Bertz CT molecular complexity index is 463. The standard InChI is InChI=1S/C16H17N/c1-3-7-13(8-4-1)12-17-16-11-15(16)14-9-5-2-6-10-14/h1-10,15-17H,11-12H2/t15-,16+/m0/s1. The molecule has 0 radical (unpaired) electrons. The van der Waals surface area contributed by atoms with Gasteiger partial charge >= 0.3 is 0 Å². The van der Waals surface area contributed by atoms with Gasteiger partial charge in [-0.15, -0.1) is 0 Å². The van der Waals surface area contributed by atoms with Crippen LogP contribution in [-0.2, 0) is 6.54 Å². The summed E-state index contributed by atoms with van der Waals surface area (Å²) < 4.78 is 0. The van der Waals surface area contributed by atoms with Gasteiger partial charge in [-0.3, -0.25) is 0 Å². The van der Waals surface area contributed by atoms with Gasteiger partial charge < -0.3 is 5.32 Å². The van der Waals surface area contributed by atoms with Gasteiger partial charge in [-0.1, -0.05) is 60.7 Å².